The largest absolute Gasteiger partial charge is 0.399 e. The van der Waals surface area contributed by atoms with Crippen LogP contribution >= 0.6 is 0 Å². The Balaban J connectivity index is 2.30. The molecule has 0 aliphatic rings. The van der Waals surface area contributed by atoms with Gasteiger partial charge in [-0.05, 0) is 25.1 Å². The minimum atomic E-state index is 0.0599. The number of Topliss-reactive ketones (excluding diaryl/α,β-unsaturated/α-hetero) is 1. The van der Waals surface area contributed by atoms with Crippen molar-refractivity contribution in [3.63, 3.8) is 0 Å². The first kappa shape index (κ1) is 12.7. The van der Waals surface area contributed by atoms with Crippen LogP contribution in [0.2, 0.25) is 0 Å². The fraction of sp³-hybridized carbons (Fsp3) is 0.417. The van der Waals surface area contributed by atoms with Crippen LogP contribution < -0.4 is 11.1 Å². The average molecular weight is 222 g/mol. The highest BCUT2D eigenvalue weighted by Crippen LogP contribution is 2.06. The lowest BCUT2D eigenvalue weighted by atomic mass is 10.1. The minimum absolute atomic E-state index is 0.0599. The van der Waals surface area contributed by atoms with Crippen LogP contribution in [0.3, 0.4) is 0 Å². The highest BCUT2D eigenvalue weighted by atomic mass is 16.5. The van der Waals surface area contributed by atoms with E-state index in [1.165, 1.54) is 0 Å². The molecule has 0 aromatic heterocycles. The first-order valence-corrected chi connectivity index (χ1v) is 5.32. The molecule has 0 radical (unpaired) electrons. The molecule has 0 spiro atoms. The maximum Gasteiger partial charge on any atom is 0.176 e. The number of carbonyl (C=O) groups excluding carboxylic acids is 1. The lowest BCUT2D eigenvalue weighted by molar-refractivity contribution is 0.0990. The van der Waals surface area contributed by atoms with Crippen molar-refractivity contribution in [3.05, 3.63) is 29.8 Å². The van der Waals surface area contributed by atoms with Crippen LogP contribution in [0.1, 0.15) is 16.8 Å². The summed E-state index contributed by atoms with van der Waals surface area (Å²) < 4.78 is 4.91. The summed E-state index contributed by atoms with van der Waals surface area (Å²) in [5, 5.41) is 3.07. The number of ketones is 1. The number of nitrogens with one attached hydrogen (secondary N) is 1. The van der Waals surface area contributed by atoms with Crippen molar-refractivity contribution in [1.82, 2.24) is 5.32 Å². The fourth-order valence-electron chi connectivity index (χ4n) is 1.36. The van der Waals surface area contributed by atoms with E-state index in [9.17, 15) is 4.79 Å². The summed E-state index contributed by atoms with van der Waals surface area (Å²) >= 11 is 0. The number of carbonyl (C=O) groups is 1. The average Bonchev–Trinajstić information content (AvgIpc) is 2.28. The molecule has 0 amide bonds. The molecule has 0 bridgehead atoms. The van der Waals surface area contributed by atoms with Crippen LogP contribution in [0.4, 0.5) is 5.69 Å². The van der Waals surface area contributed by atoms with E-state index in [1.807, 2.05) is 0 Å². The quantitative estimate of drug-likeness (QED) is 0.411. The Bertz CT molecular complexity index is 340. The van der Waals surface area contributed by atoms with Gasteiger partial charge in [-0.1, -0.05) is 12.1 Å². The van der Waals surface area contributed by atoms with Gasteiger partial charge in [0, 0.05) is 25.0 Å². The van der Waals surface area contributed by atoms with E-state index in [0.717, 1.165) is 13.0 Å². The van der Waals surface area contributed by atoms with Gasteiger partial charge < -0.3 is 15.8 Å². The van der Waals surface area contributed by atoms with Crippen molar-refractivity contribution in [3.8, 4) is 0 Å². The molecule has 0 unspecified atom stereocenters. The molecule has 0 heterocycles. The van der Waals surface area contributed by atoms with Gasteiger partial charge in [0.2, 0.25) is 0 Å². The molecule has 0 fully saturated rings. The molecule has 0 saturated heterocycles. The molecule has 0 atom stereocenters. The standard InChI is InChI=1S/C12H18N2O2/c1-16-7-3-6-14-9-12(15)10-4-2-5-11(13)8-10/h2,4-5,8,14H,3,6-7,9,13H2,1H3. The Morgan fingerprint density at radius 2 is 2.31 bits per heavy atom. The van der Waals surface area contributed by atoms with Gasteiger partial charge in [0.05, 0.1) is 6.54 Å². The minimum Gasteiger partial charge on any atom is -0.399 e. The molecule has 4 nitrogen and oxygen atoms in total. The van der Waals surface area contributed by atoms with Crippen LogP contribution in [0, 0.1) is 0 Å². The lowest BCUT2D eigenvalue weighted by Crippen LogP contribution is -2.24. The SMILES string of the molecule is COCCCNCC(=O)c1cccc(N)c1. The summed E-state index contributed by atoms with van der Waals surface area (Å²) in [5.41, 5.74) is 6.87. The maximum absolute atomic E-state index is 11.7. The van der Waals surface area contributed by atoms with E-state index in [1.54, 1.807) is 31.4 Å². The van der Waals surface area contributed by atoms with Gasteiger partial charge in [-0.25, -0.2) is 0 Å². The second kappa shape index (κ2) is 6.98. The third kappa shape index (κ3) is 4.42. The van der Waals surface area contributed by atoms with E-state index in [2.05, 4.69) is 5.32 Å². The Kier molecular flexibility index (Phi) is 5.53. The highest BCUT2D eigenvalue weighted by Gasteiger charge is 2.04. The van der Waals surface area contributed by atoms with E-state index in [-0.39, 0.29) is 5.78 Å². The molecule has 88 valence electrons. The Hall–Kier alpha value is -1.39. The number of benzene rings is 1. The summed E-state index contributed by atoms with van der Waals surface area (Å²) in [5.74, 6) is 0.0599. The zero-order valence-corrected chi connectivity index (χ0v) is 9.53. The second-order valence-corrected chi connectivity index (χ2v) is 3.57. The van der Waals surface area contributed by atoms with E-state index in [0.29, 0.717) is 24.4 Å². The van der Waals surface area contributed by atoms with Gasteiger partial charge in [-0.15, -0.1) is 0 Å². The number of anilines is 1. The van der Waals surface area contributed by atoms with Crippen molar-refractivity contribution in [2.75, 3.05) is 32.5 Å². The van der Waals surface area contributed by atoms with Crippen LogP contribution in [0.25, 0.3) is 0 Å². The van der Waals surface area contributed by atoms with Crippen LogP contribution in [0.15, 0.2) is 24.3 Å². The molecule has 4 heteroatoms. The topological polar surface area (TPSA) is 64.3 Å². The van der Waals surface area contributed by atoms with E-state index >= 15 is 0 Å². The van der Waals surface area contributed by atoms with Crippen molar-refractivity contribution in [1.29, 1.82) is 0 Å². The summed E-state index contributed by atoms with van der Waals surface area (Å²) in [6, 6.07) is 7.02. The van der Waals surface area contributed by atoms with Gasteiger partial charge >= 0.3 is 0 Å². The first-order chi connectivity index (χ1) is 7.74. The van der Waals surface area contributed by atoms with Crippen molar-refractivity contribution < 1.29 is 9.53 Å². The summed E-state index contributed by atoms with van der Waals surface area (Å²) in [6.07, 6.45) is 0.903. The zero-order valence-electron chi connectivity index (χ0n) is 9.53. The van der Waals surface area contributed by atoms with E-state index < -0.39 is 0 Å². The summed E-state index contributed by atoms with van der Waals surface area (Å²) in [7, 11) is 1.66. The van der Waals surface area contributed by atoms with Crippen LogP contribution in [-0.4, -0.2) is 32.6 Å². The number of nitrogens with two attached hydrogens (primary N) is 1. The lowest BCUT2D eigenvalue weighted by Gasteiger charge is -2.04. The number of rotatable bonds is 7. The molecular formula is C12H18N2O2. The summed E-state index contributed by atoms with van der Waals surface area (Å²) in [6.45, 7) is 1.83. The van der Waals surface area contributed by atoms with Crippen LogP contribution in [0.5, 0.6) is 0 Å². The van der Waals surface area contributed by atoms with Gasteiger partial charge in [0.1, 0.15) is 0 Å². The number of methoxy groups -OCH3 is 1. The molecular weight excluding hydrogens is 204 g/mol. The third-order valence-electron chi connectivity index (χ3n) is 2.20. The number of hydrogen-bond acceptors (Lipinski definition) is 4. The molecule has 1 rings (SSSR count). The molecule has 16 heavy (non-hydrogen) atoms. The number of ether oxygens (including phenoxy) is 1. The molecule has 1 aromatic rings. The molecule has 3 N–H and O–H groups in total. The van der Waals surface area contributed by atoms with Gasteiger partial charge in [0.25, 0.3) is 0 Å². The van der Waals surface area contributed by atoms with Crippen LogP contribution in [-0.2, 0) is 4.74 Å². The summed E-state index contributed by atoms with van der Waals surface area (Å²) in [4.78, 5) is 11.7. The molecule has 0 aliphatic carbocycles. The number of nitrogen functional groups attached to an aromatic ring is 1. The van der Waals surface area contributed by atoms with Crippen molar-refractivity contribution in [2.45, 2.75) is 6.42 Å². The van der Waals surface area contributed by atoms with Crippen molar-refractivity contribution in [2.24, 2.45) is 0 Å². The van der Waals surface area contributed by atoms with Gasteiger partial charge in [-0.3, -0.25) is 4.79 Å². The normalized spacial score (nSPS) is 10.3. The number of hydrogen-bond donors (Lipinski definition) is 2. The Morgan fingerprint density at radius 3 is 3.00 bits per heavy atom. The van der Waals surface area contributed by atoms with Gasteiger partial charge in [-0.2, -0.15) is 0 Å². The highest BCUT2D eigenvalue weighted by molar-refractivity contribution is 5.98. The monoisotopic (exact) mass is 222 g/mol. The zero-order chi connectivity index (χ0) is 11.8. The Labute approximate surface area is 95.8 Å². The smallest absolute Gasteiger partial charge is 0.176 e. The predicted octanol–water partition coefficient (Wildman–Crippen LogP) is 1.08. The third-order valence-corrected chi connectivity index (χ3v) is 2.20. The van der Waals surface area contributed by atoms with Gasteiger partial charge in [0.15, 0.2) is 5.78 Å². The fourth-order valence-corrected chi connectivity index (χ4v) is 1.36. The second-order valence-electron chi connectivity index (χ2n) is 3.57. The first-order valence-electron chi connectivity index (χ1n) is 5.32. The maximum atomic E-state index is 11.7. The molecule has 1 aromatic carbocycles. The molecule has 0 saturated carbocycles. The predicted molar refractivity (Wildman–Crippen MR) is 64.5 cm³/mol. The Morgan fingerprint density at radius 1 is 1.50 bits per heavy atom. The van der Waals surface area contributed by atoms with Crippen molar-refractivity contribution >= 4 is 11.5 Å². The molecule has 0 aliphatic heterocycles. The van der Waals surface area contributed by atoms with E-state index in [4.69, 9.17) is 10.5 Å².